The highest BCUT2D eigenvalue weighted by Crippen LogP contribution is 2.52. The Balaban J connectivity index is 1.68. The van der Waals surface area contributed by atoms with Gasteiger partial charge in [-0.05, 0) is 30.0 Å². The van der Waals surface area contributed by atoms with Gasteiger partial charge in [0.1, 0.15) is 5.75 Å². The summed E-state index contributed by atoms with van der Waals surface area (Å²) in [5, 5.41) is 0. The van der Waals surface area contributed by atoms with E-state index < -0.39 is 5.79 Å². The number of carbonyl (C=O) groups excluding carboxylic acids is 1. The van der Waals surface area contributed by atoms with E-state index in [1.54, 1.807) is 7.11 Å². The Morgan fingerprint density at radius 1 is 1.25 bits per heavy atom. The van der Waals surface area contributed by atoms with Gasteiger partial charge in [-0.2, -0.15) is 0 Å². The van der Waals surface area contributed by atoms with Gasteiger partial charge in [-0.15, -0.1) is 0 Å². The number of fused-ring (bicyclic) bond motifs is 3. The third kappa shape index (κ3) is 1.64. The van der Waals surface area contributed by atoms with Crippen molar-refractivity contribution in [2.75, 3.05) is 20.3 Å². The van der Waals surface area contributed by atoms with E-state index in [9.17, 15) is 4.79 Å². The molecule has 1 spiro atoms. The van der Waals surface area contributed by atoms with Crippen LogP contribution >= 0.6 is 0 Å². The molecule has 1 aromatic rings. The van der Waals surface area contributed by atoms with Crippen LogP contribution in [0.4, 0.5) is 0 Å². The first-order valence-corrected chi connectivity index (χ1v) is 7.22. The molecule has 1 aliphatic heterocycles. The van der Waals surface area contributed by atoms with Crippen molar-refractivity contribution in [1.29, 1.82) is 0 Å². The lowest BCUT2D eigenvalue weighted by Crippen LogP contribution is -2.39. The number of rotatable bonds is 1. The van der Waals surface area contributed by atoms with E-state index in [0.717, 1.165) is 24.2 Å². The number of ether oxygens (including phenoxy) is 3. The van der Waals surface area contributed by atoms with Gasteiger partial charge in [-0.1, -0.05) is 6.07 Å². The summed E-state index contributed by atoms with van der Waals surface area (Å²) >= 11 is 0. The molecule has 1 saturated carbocycles. The van der Waals surface area contributed by atoms with E-state index in [1.165, 1.54) is 5.56 Å². The van der Waals surface area contributed by atoms with Crippen molar-refractivity contribution in [3.05, 3.63) is 29.3 Å². The van der Waals surface area contributed by atoms with E-state index in [1.807, 2.05) is 18.2 Å². The molecule has 0 amide bonds. The number of hydrogen-bond acceptors (Lipinski definition) is 4. The quantitative estimate of drug-likeness (QED) is 0.789. The molecule has 4 heteroatoms. The average Bonchev–Trinajstić information content (AvgIpc) is 3.04. The van der Waals surface area contributed by atoms with Crippen molar-refractivity contribution >= 4 is 5.78 Å². The lowest BCUT2D eigenvalue weighted by molar-refractivity contribution is -0.185. The minimum atomic E-state index is -0.497. The number of methoxy groups -OCH3 is 1. The molecule has 0 N–H and O–H groups in total. The standard InChI is InChI=1S/C16H18O4/c1-18-10-2-3-11-12-4-5-16(19-6-7-20-16)9-14(12)15(17)13(11)8-10/h2-3,8,12,14H,4-7,9H2,1H3. The molecule has 2 aliphatic carbocycles. The first-order valence-electron chi connectivity index (χ1n) is 7.22. The Morgan fingerprint density at radius 2 is 2.05 bits per heavy atom. The number of Topliss-reactive ketones (excluding diaryl/α,β-unsaturated/α-hetero) is 1. The monoisotopic (exact) mass is 274 g/mol. The molecule has 0 aromatic heterocycles. The maximum atomic E-state index is 12.7. The van der Waals surface area contributed by atoms with Crippen LogP contribution in [0.2, 0.25) is 0 Å². The number of carbonyl (C=O) groups is 1. The van der Waals surface area contributed by atoms with Gasteiger partial charge in [-0.3, -0.25) is 4.79 Å². The van der Waals surface area contributed by atoms with E-state index in [4.69, 9.17) is 14.2 Å². The smallest absolute Gasteiger partial charge is 0.169 e. The van der Waals surface area contributed by atoms with Crippen LogP contribution in [0.25, 0.3) is 0 Å². The molecule has 2 unspecified atom stereocenters. The molecule has 3 aliphatic rings. The van der Waals surface area contributed by atoms with Crippen molar-refractivity contribution in [3.8, 4) is 5.75 Å². The van der Waals surface area contributed by atoms with Gasteiger partial charge in [0.15, 0.2) is 11.6 Å². The summed E-state index contributed by atoms with van der Waals surface area (Å²) in [6, 6.07) is 5.87. The number of benzene rings is 1. The molecule has 1 saturated heterocycles. The van der Waals surface area contributed by atoms with Gasteiger partial charge in [0.2, 0.25) is 0 Å². The SMILES string of the molecule is COc1ccc2c(c1)C(=O)C1CC3(CCC21)OCCO3. The minimum absolute atomic E-state index is 0.00366. The highest BCUT2D eigenvalue weighted by Gasteiger charge is 2.51. The number of hydrogen-bond donors (Lipinski definition) is 0. The highest BCUT2D eigenvalue weighted by molar-refractivity contribution is 6.03. The second kappa shape index (κ2) is 4.30. The average molecular weight is 274 g/mol. The van der Waals surface area contributed by atoms with Crippen molar-refractivity contribution in [2.24, 2.45) is 5.92 Å². The lowest BCUT2D eigenvalue weighted by Gasteiger charge is -2.37. The summed E-state index contributed by atoms with van der Waals surface area (Å²) in [6.07, 6.45) is 2.52. The summed E-state index contributed by atoms with van der Waals surface area (Å²) < 4.78 is 16.8. The largest absolute Gasteiger partial charge is 0.497 e. The predicted octanol–water partition coefficient (Wildman–Crippen LogP) is 2.52. The van der Waals surface area contributed by atoms with E-state index >= 15 is 0 Å². The van der Waals surface area contributed by atoms with E-state index in [2.05, 4.69) is 0 Å². The molecular formula is C16H18O4. The van der Waals surface area contributed by atoms with Gasteiger partial charge in [-0.25, -0.2) is 0 Å². The van der Waals surface area contributed by atoms with Gasteiger partial charge >= 0.3 is 0 Å². The topological polar surface area (TPSA) is 44.8 Å². The fourth-order valence-corrected chi connectivity index (χ4v) is 3.96. The zero-order chi connectivity index (χ0) is 13.7. The van der Waals surface area contributed by atoms with Crippen molar-refractivity contribution < 1.29 is 19.0 Å². The van der Waals surface area contributed by atoms with Crippen molar-refractivity contribution in [1.82, 2.24) is 0 Å². The van der Waals surface area contributed by atoms with Crippen LogP contribution in [-0.2, 0) is 9.47 Å². The van der Waals surface area contributed by atoms with Gasteiger partial charge in [0, 0.05) is 24.3 Å². The summed E-state index contributed by atoms with van der Waals surface area (Å²) in [4.78, 5) is 12.7. The van der Waals surface area contributed by atoms with E-state index in [-0.39, 0.29) is 11.7 Å². The first kappa shape index (κ1) is 12.4. The van der Waals surface area contributed by atoms with Crippen LogP contribution in [0.5, 0.6) is 5.75 Å². The number of ketones is 1. The highest BCUT2D eigenvalue weighted by atomic mass is 16.7. The second-order valence-corrected chi connectivity index (χ2v) is 5.88. The molecule has 2 fully saturated rings. The van der Waals surface area contributed by atoms with Crippen molar-refractivity contribution in [2.45, 2.75) is 31.0 Å². The predicted molar refractivity (Wildman–Crippen MR) is 72.0 cm³/mol. The first-order chi connectivity index (χ1) is 9.72. The summed E-state index contributed by atoms with van der Waals surface area (Å²) in [6.45, 7) is 1.29. The molecule has 2 atom stereocenters. The van der Waals surface area contributed by atoms with E-state index in [0.29, 0.717) is 25.6 Å². The Bertz CT molecular complexity index is 560. The zero-order valence-electron chi connectivity index (χ0n) is 11.6. The Labute approximate surface area is 118 Å². The molecule has 4 rings (SSSR count). The van der Waals surface area contributed by atoms with Crippen molar-refractivity contribution in [3.63, 3.8) is 0 Å². The zero-order valence-corrected chi connectivity index (χ0v) is 11.6. The molecule has 0 radical (unpaired) electrons. The molecule has 0 bridgehead atoms. The summed E-state index contributed by atoms with van der Waals surface area (Å²) in [7, 11) is 1.63. The molecular weight excluding hydrogens is 256 g/mol. The Morgan fingerprint density at radius 3 is 2.80 bits per heavy atom. The van der Waals surface area contributed by atoms with Crippen LogP contribution in [0.3, 0.4) is 0 Å². The van der Waals surface area contributed by atoms with Gasteiger partial charge in [0.25, 0.3) is 0 Å². The molecule has 1 heterocycles. The maximum Gasteiger partial charge on any atom is 0.169 e. The van der Waals surface area contributed by atoms with Gasteiger partial charge < -0.3 is 14.2 Å². The van der Waals surface area contributed by atoms with Crippen LogP contribution < -0.4 is 4.74 Å². The molecule has 4 nitrogen and oxygen atoms in total. The molecule has 20 heavy (non-hydrogen) atoms. The second-order valence-electron chi connectivity index (χ2n) is 5.88. The van der Waals surface area contributed by atoms with Gasteiger partial charge in [0.05, 0.1) is 20.3 Å². The summed E-state index contributed by atoms with van der Waals surface area (Å²) in [5.41, 5.74) is 2.00. The third-order valence-electron chi connectivity index (χ3n) is 4.93. The fraction of sp³-hybridized carbons (Fsp3) is 0.562. The van der Waals surface area contributed by atoms with Crippen LogP contribution in [-0.4, -0.2) is 31.9 Å². The maximum absolute atomic E-state index is 12.7. The Kier molecular flexibility index (Phi) is 2.66. The van der Waals surface area contributed by atoms with Crippen LogP contribution in [0, 0.1) is 5.92 Å². The van der Waals surface area contributed by atoms with Crippen LogP contribution in [0.15, 0.2) is 18.2 Å². The third-order valence-corrected chi connectivity index (χ3v) is 4.93. The molecule has 1 aromatic carbocycles. The lowest BCUT2D eigenvalue weighted by atomic mass is 9.76. The normalized spacial score (nSPS) is 30.4. The molecule has 106 valence electrons. The summed E-state index contributed by atoms with van der Waals surface area (Å²) in [5.74, 6) is 0.801. The Hall–Kier alpha value is -1.39. The minimum Gasteiger partial charge on any atom is -0.497 e. The van der Waals surface area contributed by atoms with Crippen LogP contribution in [0.1, 0.15) is 41.1 Å². The fourth-order valence-electron chi connectivity index (χ4n) is 3.96.